The summed E-state index contributed by atoms with van der Waals surface area (Å²) >= 11 is 1.84. The molecule has 1 aliphatic rings. The van der Waals surface area contributed by atoms with Crippen molar-refractivity contribution in [3.63, 3.8) is 0 Å². The summed E-state index contributed by atoms with van der Waals surface area (Å²) in [5, 5.41) is 2.18. The molecule has 2 nitrogen and oxygen atoms in total. The highest BCUT2D eigenvalue weighted by Gasteiger charge is 2.35. The van der Waals surface area contributed by atoms with Crippen molar-refractivity contribution < 1.29 is 0 Å². The number of likely N-dealkylation sites (N-methyl/N-ethyl adjacent to an activating group) is 1. The van der Waals surface area contributed by atoms with Crippen molar-refractivity contribution in [2.75, 3.05) is 7.05 Å². The van der Waals surface area contributed by atoms with E-state index in [1.54, 1.807) is 0 Å². The highest BCUT2D eigenvalue weighted by molar-refractivity contribution is 7.10. The van der Waals surface area contributed by atoms with Gasteiger partial charge in [-0.15, -0.1) is 11.3 Å². The van der Waals surface area contributed by atoms with Gasteiger partial charge in [-0.1, -0.05) is 0 Å². The maximum atomic E-state index is 6.22. The summed E-state index contributed by atoms with van der Waals surface area (Å²) in [5.41, 5.74) is 7.60. The highest BCUT2D eigenvalue weighted by atomic mass is 32.1. The Bertz CT molecular complexity index is 368. The van der Waals surface area contributed by atoms with E-state index in [2.05, 4.69) is 44.2 Å². The van der Waals surface area contributed by atoms with Crippen LogP contribution in [0.1, 0.15) is 43.2 Å². The van der Waals surface area contributed by atoms with Crippen LogP contribution in [0.25, 0.3) is 0 Å². The van der Waals surface area contributed by atoms with Crippen LogP contribution in [0.15, 0.2) is 11.4 Å². The van der Waals surface area contributed by atoms with Gasteiger partial charge in [0.15, 0.2) is 0 Å². The third-order valence-electron chi connectivity index (χ3n) is 4.05. The second-order valence-corrected chi connectivity index (χ2v) is 6.46. The molecule has 1 aromatic rings. The monoisotopic (exact) mass is 252 g/mol. The zero-order chi connectivity index (χ0) is 12.6. The number of hydrogen-bond acceptors (Lipinski definition) is 3. The number of rotatable bonds is 5. The van der Waals surface area contributed by atoms with Crippen molar-refractivity contribution in [3.05, 3.63) is 21.9 Å². The number of nitrogens with zero attached hydrogens (tertiary/aromatic N) is 1. The molecular weight excluding hydrogens is 228 g/mol. The Morgan fingerprint density at radius 2 is 2.06 bits per heavy atom. The van der Waals surface area contributed by atoms with Crippen LogP contribution in [0.5, 0.6) is 0 Å². The molecule has 0 aliphatic heterocycles. The standard InChI is InChI=1S/C14H24N2S/c1-9-7-8-17-14(9)13(10(2)15)16(4)11(3)12-5-6-12/h7-8,10-13H,5-6,15H2,1-4H3. The smallest absolute Gasteiger partial charge is 0.0593 e. The van der Waals surface area contributed by atoms with Gasteiger partial charge in [0.1, 0.15) is 0 Å². The van der Waals surface area contributed by atoms with Gasteiger partial charge < -0.3 is 5.73 Å². The van der Waals surface area contributed by atoms with E-state index in [0.29, 0.717) is 12.1 Å². The van der Waals surface area contributed by atoms with Crippen LogP contribution in [0.2, 0.25) is 0 Å². The summed E-state index contributed by atoms with van der Waals surface area (Å²) in [4.78, 5) is 3.93. The molecule has 0 radical (unpaired) electrons. The van der Waals surface area contributed by atoms with E-state index in [9.17, 15) is 0 Å². The second kappa shape index (κ2) is 5.09. The summed E-state index contributed by atoms with van der Waals surface area (Å²) in [6.07, 6.45) is 2.78. The third-order valence-corrected chi connectivity index (χ3v) is 5.14. The Morgan fingerprint density at radius 1 is 1.41 bits per heavy atom. The van der Waals surface area contributed by atoms with Crippen molar-refractivity contribution in [1.29, 1.82) is 0 Å². The summed E-state index contributed by atoms with van der Waals surface area (Å²) in [5.74, 6) is 0.890. The molecule has 0 aromatic carbocycles. The minimum Gasteiger partial charge on any atom is -0.326 e. The topological polar surface area (TPSA) is 29.3 Å². The molecule has 17 heavy (non-hydrogen) atoms. The number of thiophene rings is 1. The van der Waals surface area contributed by atoms with Gasteiger partial charge in [0.2, 0.25) is 0 Å². The molecule has 1 saturated carbocycles. The average Bonchev–Trinajstić information content (AvgIpc) is 3.03. The molecule has 1 fully saturated rings. The Labute approximate surface area is 109 Å². The molecule has 1 aliphatic carbocycles. The van der Waals surface area contributed by atoms with Gasteiger partial charge in [0.25, 0.3) is 0 Å². The van der Waals surface area contributed by atoms with E-state index >= 15 is 0 Å². The van der Waals surface area contributed by atoms with E-state index < -0.39 is 0 Å². The molecule has 3 atom stereocenters. The van der Waals surface area contributed by atoms with Crippen LogP contribution in [-0.2, 0) is 0 Å². The van der Waals surface area contributed by atoms with Crippen LogP contribution in [0, 0.1) is 12.8 Å². The predicted octanol–water partition coefficient (Wildman–Crippen LogP) is 3.18. The van der Waals surface area contributed by atoms with Gasteiger partial charge in [-0.25, -0.2) is 0 Å². The molecule has 0 saturated heterocycles. The van der Waals surface area contributed by atoms with Crippen molar-refractivity contribution >= 4 is 11.3 Å². The summed E-state index contributed by atoms with van der Waals surface area (Å²) in [6, 6.07) is 3.39. The predicted molar refractivity (Wildman–Crippen MR) is 75.4 cm³/mol. The summed E-state index contributed by atoms with van der Waals surface area (Å²) in [6.45, 7) is 6.66. The highest BCUT2D eigenvalue weighted by Crippen LogP contribution is 2.39. The first-order valence-corrected chi connectivity index (χ1v) is 7.41. The lowest BCUT2D eigenvalue weighted by molar-refractivity contribution is 0.152. The lowest BCUT2D eigenvalue weighted by Gasteiger charge is -2.35. The van der Waals surface area contributed by atoms with Crippen LogP contribution in [-0.4, -0.2) is 24.0 Å². The number of aryl methyl sites for hydroxylation is 1. The molecule has 0 bridgehead atoms. The van der Waals surface area contributed by atoms with E-state index in [0.717, 1.165) is 5.92 Å². The summed E-state index contributed by atoms with van der Waals surface area (Å²) in [7, 11) is 2.23. The van der Waals surface area contributed by atoms with Gasteiger partial charge in [-0.2, -0.15) is 0 Å². The lowest BCUT2D eigenvalue weighted by atomic mass is 10.0. The van der Waals surface area contributed by atoms with Gasteiger partial charge >= 0.3 is 0 Å². The average molecular weight is 252 g/mol. The first-order chi connectivity index (χ1) is 8.02. The Morgan fingerprint density at radius 3 is 2.47 bits per heavy atom. The van der Waals surface area contributed by atoms with Gasteiger partial charge in [-0.05, 0) is 63.6 Å². The zero-order valence-electron chi connectivity index (χ0n) is 11.3. The largest absolute Gasteiger partial charge is 0.326 e. The van der Waals surface area contributed by atoms with Crippen molar-refractivity contribution in [2.24, 2.45) is 11.7 Å². The fourth-order valence-corrected chi connectivity index (χ4v) is 3.84. The van der Waals surface area contributed by atoms with Crippen LogP contribution >= 0.6 is 11.3 Å². The molecule has 0 spiro atoms. The van der Waals surface area contributed by atoms with Crippen LogP contribution < -0.4 is 5.73 Å². The molecule has 3 heteroatoms. The van der Waals surface area contributed by atoms with Gasteiger partial charge in [-0.3, -0.25) is 4.90 Å². The first kappa shape index (κ1) is 13.1. The molecule has 0 amide bonds. The van der Waals surface area contributed by atoms with Crippen molar-refractivity contribution in [2.45, 2.75) is 51.7 Å². The minimum atomic E-state index is 0.179. The van der Waals surface area contributed by atoms with E-state index in [1.807, 2.05) is 11.3 Å². The quantitative estimate of drug-likeness (QED) is 0.872. The van der Waals surface area contributed by atoms with Crippen LogP contribution in [0.3, 0.4) is 0 Å². The number of nitrogens with two attached hydrogens (primary N) is 1. The van der Waals surface area contributed by atoms with E-state index in [1.165, 1.54) is 23.3 Å². The SMILES string of the molecule is Cc1ccsc1C(C(C)N)N(C)C(C)C1CC1. The Hall–Kier alpha value is -0.380. The van der Waals surface area contributed by atoms with Crippen LogP contribution in [0.4, 0.5) is 0 Å². The fourth-order valence-electron chi connectivity index (χ4n) is 2.65. The first-order valence-electron chi connectivity index (χ1n) is 6.54. The molecule has 3 unspecified atom stereocenters. The molecular formula is C14H24N2S. The Kier molecular flexibility index (Phi) is 3.91. The van der Waals surface area contributed by atoms with Crippen molar-refractivity contribution in [1.82, 2.24) is 4.90 Å². The lowest BCUT2D eigenvalue weighted by Crippen LogP contribution is -2.42. The summed E-state index contributed by atoms with van der Waals surface area (Å²) < 4.78 is 0. The van der Waals surface area contributed by atoms with Crippen molar-refractivity contribution in [3.8, 4) is 0 Å². The normalized spacial score (nSPS) is 21.5. The van der Waals surface area contributed by atoms with E-state index in [-0.39, 0.29) is 6.04 Å². The molecule has 1 heterocycles. The second-order valence-electron chi connectivity index (χ2n) is 5.52. The van der Waals surface area contributed by atoms with Gasteiger partial charge in [0.05, 0.1) is 6.04 Å². The minimum absolute atomic E-state index is 0.179. The zero-order valence-corrected chi connectivity index (χ0v) is 12.1. The maximum absolute atomic E-state index is 6.22. The molecule has 2 rings (SSSR count). The van der Waals surface area contributed by atoms with Gasteiger partial charge in [0, 0.05) is 17.0 Å². The molecule has 96 valence electrons. The fraction of sp³-hybridized carbons (Fsp3) is 0.714. The number of hydrogen-bond donors (Lipinski definition) is 1. The third kappa shape index (κ3) is 2.72. The maximum Gasteiger partial charge on any atom is 0.0593 e. The molecule has 1 aromatic heterocycles. The van der Waals surface area contributed by atoms with E-state index in [4.69, 9.17) is 5.73 Å². The Balaban J connectivity index is 2.19. The molecule has 2 N–H and O–H groups in total.